The van der Waals surface area contributed by atoms with Crippen molar-refractivity contribution < 1.29 is 10.2 Å². The minimum atomic E-state index is -0.0304. The highest BCUT2D eigenvalue weighted by Gasteiger charge is 2.83. The van der Waals surface area contributed by atoms with Gasteiger partial charge in [-0.2, -0.15) is 0 Å². The molecule has 5 fully saturated rings. The van der Waals surface area contributed by atoms with Gasteiger partial charge in [-0.15, -0.1) is 0 Å². The normalized spacial score (nSPS) is 85.4. The number of aliphatic hydroxyl groups excluding tert-OH is 2. The summed E-state index contributed by atoms with van der Waals surface area (Å²) in [5.74, 6) is 5.33. The molecule has 2 bridgehead atoms. The Labute approximate surface area is 76.9 Å². The molecule has 5 saturated carbocycles. The van der Waals surface area contributed by atoms with Crippen molar-refractivity contribution in [2.45, 2.75) is 18.6 Å². The van der Waals surface area contributed by atoms with Gasteiger partial charge in [0.05, 0.1) is 12.2 Å². The van der Waals surface area contributed by atoms with Crippen LogP contribution in [0.2, 0.25) is 0 Å². The van der Waals surface area contributed by atoms with Gasteiger partial charge in [-0.25, -0.2) is 0 Å². The third kappa shape index (κ3) is 0.375. The van der Waals surface area contributed by atoms with Crippen LogP contribution >= 0.6 is 0 Å². The Balaban J connectivity index is 1.83. The predicted octanol–water partition coefficient (Wildman–Crippen LogP) is 0.0959. The van der Waals surface area contributed by atoms with Crippen molar-refractivity contribution in [2.75, 3.05) is 0 Å². The van der Waals surface area contributed by atoms with E-state index in [0.717, 1.165) is 23.7 Å². The number of rotatable bonds is 0. The Hall–Kier alpha value is -0.0800. The number of hydrogen-bond acceptors (Lipinski definition) is 2. The van der Waals surface area contributed by atoms with Crippen LogP contribution in [-0.4, -0.2) is 22.4 Å². The van der Waals surface area contributed by atoms with E-state index in [1.807, 2.05) is 0 Å². The largest absolute Gasteiger partial charge is 0.393 e. The molecular formula is C11H14O2. The standard InChI is InChI=1S/C11H14O2/c12-10-6-2-1-3-5-4(2)8(10)9(5)11(13)7(3)6/h2-13H,1H2/t2-,3+,4-,5-,6+,7-,8-,9-,10+,11-/m0/s1. The van der Waals surface area contributed by atoms with Gasteiger partial charge in [0.15, 0.2) is 0 Å². The average Bonchev–Trinajstić information content (AvgIpc) is 2.52. The van der Waals surface area contributed by atoms with Crippen LogP contribution in [0.4, 0.5) is 0 Å². The zero-order valence-corrected chi connectivity index (χ0v) is 7.38. The molecule has 5 aliphatic carbocycles. The van der Waals surface area contributed by atoms with Crippen molar-refractivity contribution in [3.05, 3.63) is 0 Å². The first-order valence-electron chi connectivity index (χ1n) is 5.67. The Morgan fingerprint density at radius 1 is 0.615 bits per heavy atom. The van der Waals surface area contributed by atoms with E-state index in [4.69, 9.17) is 0 Å². The van der Waals surface area contributed by atoms with Crippen LogP contribution in [-0.2, 0) is 0 Å². The fraction of sp³-hybridized carbons (Fsp3) is 1.00. The lowest BCUT2D eigenvalue weighted by atomic mass is 9.58. The fourth-order valence-electron chi connectivity index (χ4n) is 6.44. The summed E-state index contributed by atoms with van der Waals surface area (Å²) < 4.78 is 0. The van der Waals surface area contributed by atoms with E-state index in [9.17, 15) is 10.2 Å². The SMILES string of the molecule is O[C@@H]1[C@@H]2[C@H]3[C@H](O)[C@@H]4[C@H]5C[C@H]([C@H]2[C@H]53)[C@H]14. The minimum Gasteiger partial charge on any atom is -0.393 e. The third-order valence-electron chi connectivity index (χ3n) is 6.32. The maximum atomic E-state index is 10.1. The number of aliphatic hydroxyl groups is 2. The van der Waals surface area contributed by atoms with Crippen molar-refractivity contribution in [1.29, 1.82) is 0 Å². The minimum absolute atomic E-state index is 0.0304. The monoisotopic (exact) mass is 178 g/mol. The van der Waals surface area contributed by atoms with Gasteiger partial charge in [0.2, 0.25) is 0 Å². The number of hydrogen-bond donors (Lipinski definition) is 2. The van der Waals surface area contributed by atoms with Gasteiger partial charge in [0, 0.05) is 0 Å². The summed E-state index contributed by atoms with van der Waals surface area (Å²) in [5.41, 5.74) is 0. The van der Waals surface area contributed by atoms with E-state index >= 15 is 0 Å². The summed E-state index contributed by atoms with van der Waals surface area (Å²) in [6.07, 6.45) is 1.28. The Bertz CT molecular complexity index is 281. The van der Waals surface area contributed by atoms with Gasteiger partial charge < -0.3 is 10.2 Å². The van der Waals surface area contributed by atoms with Crippen molar-refractivity contribution in [3.8, 4) is 0 Å². The van der Waals surface area contributed by atoms with Gasteiger partial charge in [0.25, 0.3) is 0 Å². The first-order chi connectivity index (χ1) is 6.30. The van der Waals surface area contributed by atoms with Gasteiger partial charge in [0.1, 0.15) is 0 Å². The van der Waals surface area contributed by atoms with Crippen molar-refractivity contribution >= 4 is 0 Å². The molecule has 2 N–H and O–H groups in total. The molecule has 2 heteroatoms. The zero-order chi connectivity index (χ0) is 8.48. The molecule has 0 heterocycles. The Morgan fingerprint density at radius 2 is 1.08 bits per heavy atom. The first kappa shape index (κ1) is 6.41. The molecule has 0 aliphatic heterocycles. The zero-order valence-electron chi connectivity index (χ0n) is 7.38. The van der Waals surface area contributed by atoms with E-state index in [1.165, 1.54) is 6.42 Å². The predicted molar refractivity (Wildman–Crippen MR) is 44.6 cm³/mol. The molecule has 5 aliphatic rings. The summed E-state index contributed by atoms with van der Waals surface area (Å²) in [5, 5.41) is 20.2. The Kier molecular flexibility index (Phi) is 0.733. The third-order valence-corrected chi connectivity index (χ3v) is 6.32. The van der Waals surface area contributed by atoms with E-state index in [-0.39, 0.29) is 12.2 Å². The molecule has 13 heavy (non-hydrogen) atoms. The van der Waals surface area contributed by atoms with Crippen LogP contribution in [0.3, 0.4) is 0 Å². The molecule has 10 atom stereocenters. The first-order valence-corrected chi connectivity index (χ1v) is 5.67. The van der Waals surface area contributed by atoms with E-state index in [0.29, 0.717) is 23.7 Å². The smallest absolute Gasteiger partial charge is 0.0609 e. The van der Waals surface area contributed by atoms with Crippen LogP contribution in [0.15, 0.2) is 0 Å². The quantitative estimate of drug-likeness (QED) is 0.552. The van der Waals surface area contributed by atoms with E-state index in [2.05, 4.69) is 0 Å². The second-order valence-corrected chi connectivity index (χ2v) is 6.01. The highest BCUT2D eigenvalue weighted by atomic mass is 16.3. The summed E-state index contributed by atoms with van der Waals surface area (Å²) in [7, 11) is 0. The molecular weight excluding hydrogens is 164 g/mol. The van der Waals surface area contributed by atoms with Gasteiger partial charge in [-0.1, -0.05) is 0 Å². The van der Waals surface area contributed by atoms with Crippen LogP contribution in [0.25, 0.3) is 0 Å². The molecule has 70 valence electrons. The van der Waals surface area contributed by atoms with Crippen molar-refractivity contribution in [3.63, 3.8) is 0 Å². The number of fused-ring (bicyclic) bond motifs is 2. The molecule has 0 aromatic heterocycles. The topological polar surface area (TPSA) is 40.5 Å². The highest BCUT2D eigenvalue weighted by Crippen LogP contribution is 2.82. The molecule has 0 unspecified atom stereocenters. The summed E-state index contributed by atoms with van der Waals surface area (Å²) >= 11 is 0. The summed E-state index contributed by atoms with van der Waals surface area (Å²) in [4.78, 5) is 0. The van der Waals surface area contributed by atoms with Crippen molar-refractivity contribution in [1.82, 2.24) is 0 Å². The maximum absolute atomic E-state index is 10.1. The van der Waals surface area contributed by atoms with Crippen LogP contribution in [0.5, 0.6) is 0 Å². The second kappa shape index (κ2) is 1.49. The van der Waals surface area contributed by atoms with Gasteiger partial charge in [-0.05, 0) is 53.8 Å². The molecule has 0 aromatic carbocycles. The Morgan fingerprint density at radius 3 is 1.54 bits per heavy atom. The molecule has 0 spiro atoms. The molecule has 2 nitrogen and oxygen atoms in total. The van der Waals surface area contributed by atoms with E-state index < -0.39 is 0 Å². The molecule has 0 radical (unpaired) electrons. The summed E-state index contributed by atoms with van der Waals surface area (Å²) in [6, 6.07) is 0. The van der Waals surface area contributed by atoms with Crippen molar-refractivity contribution in [2.24, 2.45) is 47.3 Å². The molecule has 0 saturated heterocycles. The second-order valence-electron chi connectivity index (χ2n) is 6.01. The van der Waals surface area contributed by atoms with Gasteiger partial charge in [-0.3, -0.25) is 0 Å². The lowest BCUT2D eigenvalue weighted by Gasteiger charge is -2.47. The maximum Gasteiger partial charge on any atom is 0.0609 e. The summed E-state index contributed by atoms with van der Waals surface area (Å²) in [6.45, 7) is 0. The highest BCUT2D eigenvalue weighted by molar-refractivity contribution is 5.30. The van der Waals surface area contributed by atoms with Crippen LogP contribution in [0, 0.1) is 47.3 Å². The lowest BCUT2D eigenvalue weighted by Crippen LogP contribution is -2.51. The molecule has 0 amide bonds. The van der Waals surface area contributed by atoms with E-state index in [1.54, 1.807) is 0 Å². The molecule has 0 aromatic rings. The van der Waals surface area contributed by atoms with Crippen LogP contribution in [0.1, 0.15) is 6.42 Å². The lowest BCUT2D eigenvalue weighted by molar-refractivity contribution is -0.109. The average molecular weight is 178 g/mol. The molecule has 5 rings (SSSR count). The van der Waals surface area contributed by atoms with Gasteiger partial charge >= 0.3 is 0 Å². The van der Waals surface area contributed by atoms with Crippen LogP contribution < -0.4 is 0 Å². The fourth-order valence-corrected chi connectivity index (χ4v) is 6.44.